The van der Waals surface area contributed by atoms with E-state index in [2.05, 4.69) is 15.3 Å². The number of nitrogens with one attached hydrogen (secondary N) is 2. The molecule has 138 valence electrons. The average Bonchev–Trinajstić information content (AvgIpc) is 3.06. The molecule has 7 nitrogen and oxygen atoms in total. The second-order valence-electron chi connectivity index (χ2n) is 6.62. The van der Waals surface area contributed by atoms with E-state index in [0.29, 0.717) is 18.7 Å². The number of nitrogens with zero attached hydrogens (tertiary/aromatic N) is 3. The molecular weight excluding hydrogens is 342 g/mol. The van der Waals surface area contributed by atoms with Crippen LogP contribution in [0, 0.1) is 6.92 Å². The zero-order chi connectivity index (χ0) is 18.8. The first-order valence-electron chi connectivity index (χ1n) is 8.94. The van der Waals surface area contributed by atoms with E-state index in [9.17, 15) is 9.59 Å². The lowest BCUT2D eigenvalue weighted by molar-refractivity contribution is 0.0634. The Morgan fingerprint density at radius 2 is 1.89 bits per heavy atom. The van der Waals surface area contributed by atoms with Gasteiger partial charge in [0.05, 0.1) is 11.7 Å². The zero-order valence-electron chi connectivity index (χ0n) is 15.1. The zero-order valence-corrected chi connectivity index (χ0v) is 15.1. The Morgan fingerprint density at radius 3 is 2.56 bits per heavy atom. The van der Waals surface area contributed by atoms with Crippen LogP contribution >= 0.6 is 0 Å². The highest BCUT2D eigenvalue weighted by Gasteiger charge is 2.28. The smallest absolute Gasteiger partial charge is 0.329 e. The molecule has 1 saturated heterocycles. The van der Waals surface area contributed by atoms with Gasteiger partial charge >= 0.3 is 5.69 Å². The summed E-state index contributed by atoms with van der Waals surface area (Å²) in [5.41, 5.74) is 3.05. The number of imidazole rings is 1. The van der Waals surface area contributed by atoms with Gasteiger partial charge in [0.15, 0.2) is 0 Å². The number of carbonyl (C=O) groups is 1. The fraction of sp³-hybridized carbons (Fsp3) is 0.250. The molecule has 0 bridgehead atoms. The molecule has 1 amide bonds. The second-order valence-corrected chi connectivity index (χ2v) is 6.62. The molecule has 0 radical (unpaired) electrons. The third-order valence-corrected chi connectivity index (χ3v) is 4.93. The van der Waals surface area contributed by atoms with Gasteiger partial charge in [0.25, 0.3) is 5.91 Å². The molecule has 0 aliphatic carbocycles. The molecule has 1 fully saturated rings. The van der Waals surface area contributed by atoms with Crippen molar-refractivity contribution in [2.75, 3.05) is 19.6 Å². The molecule has 3 aromatic rings. The Labute approximate surface area is 156 Å². The van der Waals surface area contributed by atoms with Crippen molar-refractivity contribution in [3.63, 3.8) is 0 Å². The summed E-state index contributed by atoms with van der Waals surface area (Å²) in [6.07, 6.45) is 5.16. The summed E-state index contributed by atoms with van der Waals surface area (Å²) in [7, 11) is 0. The summed E-state index contributed by atoms with van der Waals surface area (Å²) >= 11 is 0. The highest BCUT2D eigenvalue weighted by atomic mass is 16.2. The summed E-state index contributed by atoms with van der Waals surface area (Å²) in [4.78, 5) is 33.7. The van der Waals surface area contributed by atoms with Gasteiger partial charge in [0, 0.05) is 49.5 Å². The average molecular weight is 363 g/mol. The Morgan fingerprint density at radius 1 is 1.15 bits per heavy atom. The molecule has 1 unspecified atom stereocenters. The van der Waals surface area contributed by atoms with E-state index in [0.717, 1.165) is 23.5 Å². The van der Waals surface area contributed by atoms with Crippen molar-refractivity contribution in [3.05, 3.63) is 82.3 Å². The maximum absolute atomic E-state index is 13.1. The minimum Gasteiger partial charge on any atom is -0.329 e. The van der Waals surface area contributed by atoms with Crippen molar-refractivity contribution >= 4 is 5.91 Å². The van der Waals surface area contributed by atoms with Crippen LogP contribution in [-0.2, 0) is 0 Å². The predicted octanol–water partition coefficient (Wildman–Crippen LogP) is 1.66. The molecule has 1 atom stereocenters. The van der Waals surface area contributed by atoms with Gasteiger partial charge in [0.2, 0.25) is 0 Å². The van der Waals surface area contributed by atoms with Gasteiger partial charge < -0.3 is 15.2 Å². The van der Waals surface area contributed by atoms with E-state index in [-0.39, 0.29) is 17.6 Å². The van der Waals surface area contributed by atoms with Gasteiger partial charge in [0.1, 0.15) is 0 Å². The van der Waals surface area contributed by atoms with Crippen LogP contribution in [0.15, 0.2) is 59.8 Å². The summed E-state index contributed by atoms with van der Waals surface area (Å²) < 4.78 is 1.58. The summed E-state index contributed by atoms with van der Waals surface area (Å²) in [6.45, 7) is 3.98. The van der Waals surface area contributed by atoms with Crippen LogP contribution in [0.4, 0.5) is 0 Å². The SMILES string of the molecule is Cc1c[nH]c(=O)n1-c1ccc(C(=O)N2CCNCC2c2ccncc2)cc1. The van der Waals surface area contributed by atoms with Gasteiger partial charge in [-0.25, -0.2) is 4.79 Å². The standard InChI is InChI=1S/C20H21N5O2/c1-14-12-23-20(27)25(14)17-4-2-16(3-5-17)19(26)24-11-10-22-13-18(24)15-6-8-21-9-7-15/h2-9,12,18,22H,10-11,13H2,1H3,(H,23,27). The van der Waals surface area contributed by atoms with Gasteiger partial charge in [-0.15, -0.1) is 0 Å². The second kappa shape index (κ2) is 7.20. The topological polar surface area (TPSA) is 83.0 Å². The van der Waals surface area contributed by atoms with Gasteiger partial charge in [-0.2, -0.15) is 0 Å². The van der Waals surface area contributed by atoms with Crippen LogP contribution in [-0.4, -0.2) is 45.0 Å². The first kappa shape index (κ1) is 17.2. The van der Waals surface area contributed by atoms with Crippen LogP contribution in [0.2, 0.25) is 0 Å². The molecule has 4 rings (SSSR count). The molecule has 7 heteroatoms. The van der Waals surface area contributed by atoms with Crippen molar-refractivity contribution in [1.29, 1.82) is 0 Å². The number of carbonyl (C=O) groups excluding carboxylic acids is 1. The number of piperazine rings is 1. The third kappa shape index (κ3) is 3.29. The van der Waals surface area contributed by atoms with E-state index in [4.69, 9.17) is 0 Å². The van der Waals surface area contributed by atoms with E-state index >= 15 is 0 Å². The fourth-order valence-corrected chi connectivity index (χ4v) is 3.53. The van der Waals surface area contributed by atoms with E-state index in [1.165, 1.54) is 0 Å². The molecule has 2 aromatic heterocycles. The Kier molecular flexibility index (Phi) is 4.60. The number of aromatic nitrogens is 3. The summed E-state index contributed by atoms with van der Waals surface area (Å²) in [5, 5.41) is 3.35. The first-order chi connectivity index (χ1) is 13.1. The maximum Gasteiger partial charge on any atom is 0.330 e. The predicted molar refractivity (Wildman–Crippen MR) is 102 cm³/mol. The maximum atomic E-state index is 13.1. The molecule has 0 spiro atoms. The van der Waals surface area contributed by atoms with Crippen molar-refractivity contribution in [2.45, 2.75) is 13.0 Å². The lowest BCUT2D eigenvalue weighted by Crippen LogP contribution is -2.48. The summed E-state index contributed by atoms with van der Waals surface area (Å²) in [5.74, 6) is -0.0111. The lowest BCUT2D eigenvalue weighted by atomic mass is 10.0. The number of benzene rings is 1. The highest BCUT2D eigenvalue weighted by molar-refractivity contribution is 5.94. The Balaban J connectivity index is 1.61. The van der Waals surface area contributed by atoms with Crippen LogP contribution < -0.4 is 11.0 Å². The van der Waals surface area contributed by atoms with Crippen molar-refractivity contribution in [2.24, 2.45) is 0 Å². The molecular formula is C20H21N5O2. The molecule has 1 aliphatic heterocycles. The fourth-order valence-electron chi connectivity index (χ4n) is 3.53. The van der Waals surface area contributed by atoms with Crippen molar-refractivity contribution in [1.82, 2.24) is 24.8 Å². The van der Waals surface area contributed by atoms with Gasteiger partial charge in [-0.05, 0) is 48.9 Å². The van der Waals surface area contributed by atoms with Crippen molar-refractivity contribution < 1.29 is 4.79 Å². The van der Waals surface area contributed by atoms with Crippen LogP contribution in [0.3, 0.4) is 0 Å². The van der Waals surface area contributed by atoms with E-state index in [1.807, 2.05) is 24.0 Å². The van der Waals surface area contributed by atoms with Crippen LogP contribution in [0.5, 0.6) is 0 Å². The van der Waals surface area contributed by atoms with Crippen molar-refractivity contribution in [3.8, 4) is 5.69 Å². The van der Waals surface area contributed by atoms with Crippen LogP contribution in [0.1, 0.15) is 27.7 Å². The summed E-state index contributed by atoms with van der Waals surface area (Å²) in [6, 6.07) is 11.0. The number of hydrogen-bond acceptors (Lipinski definition) is 4. The quantitative estimate of drug-likeness (QED) is 0.741. The van der Waals surface area contributed by atoms with Crippen LogP contribution in [0.25, 0.3) is 5.69 Å². The number of rotatable bonds is 3. The lowest BCUT2D eigenvalue weighted by Gasteiger charge is -2.36. The minimum absolute atomic E-state index is 0.0111. The molecule has 27 heavy (non-hydrogen) atoms. The van der Waals surface area contributed by atoms with E-state index < -0.39 is 0 Å². The number of amides is 1. The largest absolute Gasteiger partial charge is 0.330 e. The van der Waals surface area contributed by atoms with Gasteiger partial charge in [-0.3, -0.25) is 14.3 Å². The van der Waals surface area contributed by atoms with Gasteiger partial charge in [-0.1, -0.05) is 0 Å². The number of hydrogen-bond donors (Lipinski definition) is 2. The Bertz CT molecular complexity index is 991. The first-order valence-corrected chi connectivity index (χ1v) is 8.94. The highest BCUT2D eigenvalue weighted by Crippen LogP contribution is 2.24. The number of H-pyrrole nitrogens is 1. The van der Waals surface area contributed by atoms with E-state index in [1.54, 1.807) is 47.4 Å². The third-order valence-electron chi connectivity index (χ3n) is 4.93. The molecule has 0 saturated carbocycles. The number of aryl methyl sites for hydroxylation is 1. The number of pyridine rings is 1. The molecule has 1 aromatic carbocycles. The molecule has 1 aliphatic rings. The minimum atomic E-state index is -0.188. The molecule has 3 heterocycles. The normalized spacial score (nSPS) is 17.1. The Hall–Kier alpha value is -3.19. The monoisotopic (exact) mass is 363 g/mol. The number of aromatic amines is 1. The molecule has 2 N–H and O–H groups in total.